The number of benzene rings is 2. The average Bonchev–Trinajstić information content (AvgIpc) is 2.76. The first-order valence-electron chi connectivity index (χ1n) is 9.92. The van der Waals surface area contributed by atoms with Crippen LogP contribution in [0.4, 0.5) is 11.4 Å². The molecule has 0 spiro atoms. The fraction of sp³-hybridized carbons (Fsp3) is 0.333. The molecule has 2 aromatic rings. The highest BCUT2D eigenvalue weighted by Crippen LogP contribution is 2.33. The van der Waals surface area contributed by atoms with Crippen LogP contribution in [0, 0.1) is 5.92 Å². The molecule has 2 amide bonds. The quantitative estimate of drug-likeness (QED) is 0.724. The molecular formula is C21H22ClN3O5S. The van der Waals surface area contributed by atoms with Gasteiger partial charge in [-0.15, -0.1) is 0 Å². The first kappa shape index (κ1) is 21.6. The molecule has 2 N–H and O–H groups in total. The molecule has 164 valence electrons. The zero-order chi connectivity index (χ0) is 22.2. The number of sulfonamides is 1. The number of carbonyl (C=O) groups is 2. The van der Waals surface area contributed by atoms with E-state index in [0.717, 1.165) is 0 Å². The number of halogens is 1. The van der Waals surface area contributed by atoms with Gasteiger partial charge in [0, 0.05) is 23.8 Å². The summed E-state index contributed by atoms with van der Waals surface area (Å²) >= 11 is 5.87. The molecule has 31 heavy (non-hydrogen) atoms. The van der Waals surface area contributed by atoms with Gasteiger partial charge in [-0.3, -0.25) is 9.59 Å². The van der Waals surface area contributed by atoms with Gasteiger partial charge in [-0.05, 0) is 62.2 Å². The molecule has 10 heteroatoms. The van der Waals surface area contributed by atoms with E-state index in [1.54, 1.807) is 31.2 Å². The first-order valence-corrected chi connectivity index (χ1v) is 11.7. The smallest absolute Gasteiger partial charge is 0.265 e. The number of piperidine rings is 1. The normalized spacial score (nSPS) is 21.5. The number of hydrogen-bond acceptors (Lipinski definition) is 5. The van der Waals surface area contributed by atoms with Gasteiger partial charge in [-0.2, -0.15) is 4.31 Å². The predicted molar refractivity (Wildman–Crippen MR) is 117 cm³/mol. The number of anilines is 2. The lowest BCUT2D eigenvalue weighted by atomic mass is 9.99. The van der Waals surface area contributed by atoms with E-state index in [1.165, 1.54) is 22.5 Å². The van der Waals surface area contributed by atoms with Gasteiger partial charge >= 0.3 is 0 Å². The Labute approximate surface area is 185 Å². The molecule has 1 fully saturated rings. The molecule has 0 bridgehead atoms. The maximum atomic E-state index is 13.2. The Kier molecular flexibility index (Phi) is 5.92. The van der Waals surface area contributed by atoms with Crippen LogP contribution < -0.4 is 15.4 Å². The van der Waals surface area contributed by atoms with Crippen molar-refractivity contribution in [1.82, 2.24) is 4.31 Å². The molecule has 0 aromatic heterocycles. The second kappa shape index (κ2) is 8.49. The van der Waals surface area contributed by atoms with Crippen molar-refractivity contribution < 1.29 is 22.7 Å². The van der Waals surface area contributed by atoms with E-state index in [0.29, 0.717) is 41.5 Å². The topological polar surface area (TPSA) is 105 Å². The number of hydrogen-bond donors (Lipinski definition) is 2. The zero-order valence-electron chi connectivity index (χ0n) is 16.8. The minimum absolute atomic E-state index is 0.0449. The van der Waals surface area contributed by atoms with E-state index in [1.807, 2.05) is 0 Å². The number of nitrogens with one attached hydrogen (secondary N) is 2. The monoisotopic (exact) mass is 463 g/mol. The SMILES string of the molecule is C[C@H]1Oc2ccc(S(=O)(=O)N3CCC[C@@H](C(=O)Nc4ccc(Cl)cc4)C3)cc2NC1=O. The fourth-order valence-electron chi connectivity index (χ4n) is 3.65. The summed E-state index contributed by atoms with van der Waals surface area (Å²) in [4.78, 5) is 24.6. The lowest BCUT2D eigenvalue weighted by Gasteiger charge is -2.31. The van der Waals surface area contributed by atoms with Gasteiger partial charge in [-0.1, -0.05) is 11.6 Å². The molecule has 0 radical (unpaired) electrons. The molecule has 2 aliphatic heterocycles. The van der Waals surface area contributed by atoms with Crippen molar-refractivity contribution in [3.63, 3.8) is 0 Å². The number of carbonyl (C=O) groups excluding carboxylic acids is 2. The van der Waals surface area contributed by atoms with Crippen LogP contribution in [0.1, 0.15) is 19.8 Å². The Morgan fingerprint density at radius 2 is 1.97 bits per heavy atom. The molecule has 2 heterocycles. The second-order valence-electron chi connectivity index (χ2n) is 7.61. The van der Waals surface area contributed by atoms with Gasteiger partial charge < -0.3 is 15.4 Å². The molecule has 0 aliphatic carbocycles. The van der Waals surface area contributed by atoms with Gasteiger partial charge in [0.05, 0.1) is 16.5 Å². The van der Waals surface area contributed by atoms with Crippen molar-refractivity contribution >= 4 is 44.8 Å². The van der Waals surface area contributed by atoms with E-state index < -0.39 is 22.0 Å². The summed E-state index contributed by atoms with van der Waals surface area (Å²) in [6, 6.07) is 11.1. The summed E-state index contributed by atoms with van der Waals surface area (Å²) in [5, 5.41) is 6.04. The molecule has 4 rings (SSSR count). The van der Waals surface area contributed by atoms with Crippen LogP contribution in [-0.2, 0) is 19.6 Å². The van der Waals surface area contributed by atoms with Crippen molar-refractivity contribution in [1.29, 1.82) is 0 Å². The number of rotatable bonds is 4. The van der Waals surface area contributed by atoms with Gasteiger partial charge in [0.25, 0.3) is 5.91 Å². The van der Waals surface area contributed by atoms with Crippen LogP contribution in [0.5, 0.6) is 5.75 Å². The Morgan fingerprint density at radius 1 is 1.23 bits per heavy atom. The number of fused-ring (bicyclic) bond motifs is 1. The lowest BCUT2D eigenvalue weighted by Crippen LogP contribution is -2.43. The Balaban J connectivity index is 1.49. The Bertz CT molecular complexity index is 1120. The summed E-state index contributed by atoms with van der Waals surface area (Å²) < 4.78 is 33.2. The second-order valence-corrected chi connectivity index (χ2v) is 9.98. The lowest BCUT2D eigenvalue weighted by molar-refractivity contribution is -0.123. The Hall–Kier alpha value is -2.62. The summed E-state index contributed by atoms with van der Waals surface area (Å²) in [7, 11) is -3.84. The summed E-state index contributed by atoms with van der Waals surface area (Å²) in [6.45, 7) is 2.02. The van der Waals surface area contributed by atoms with Crippen LogP contribution in [0.15, 0.2) is 47.4 Å². The first-order chi connectivity index (χ1) is 14.7. The average molecular weight is 464 g/mol. The highest BCUT2D eigenvalue weighted by atomic mass is 35.5. The van der Waals surface area contributed by atoms with Crippen molar-refractivity contribution in [2.75, 3.05) is 23.7 Å². The van der Waals surface area contributed by atoms with Gasteiger partial charge in [0.2, 0.25) is 15.9 Å². The molecular weight excluding hydrogens is 442 g/mol. The zero-order valence-corrected chi connectivity index (χ0v) is 18.4. The highest BCUT2D eigenvalue weighted by molar-refractivity contribution is 7.89. The van der Waals surface area contributed by atoms with E-state index >= 15 is 0 Å². The maximum Gasteiger partial charge on any atom is 0.265 e. The number of nitrogens with zero attached hydrogens (tertiary/aromatic N) is 1. The van der Waals surface area contributed by atoms with Crippen LogP contribution >= 0.6 is 11.6 Å². The standard InChI is InChI=1S/C21H22ClN3O5S/c1-13-20(26)24-18-11-17(8-9-19(18)30-13)31(28,29)25-10-2-3-14(12-25)21(27)23-16-6-4-15(22)5-7-16/h4-9,11,13-14H,2-3,10,12H2,1H3,(H,23,27)(H,24,26)/t13-,14-/m1/s1. The summed E-state index contributed by atoms with van der Waals surface area (Å²) in [6.07, 6.45) is 0.523. The third-order valence-corrected chi connectivity index (χ3v) is 7.50. The van der Waals surface area contributed by atoms with Gasteiger partial charge in [0.15, 0.2) is 6.10 Å². The van der Waals surface area contributed by atoms with Gasteiger partial charge in [0.1, 0.15) is 5.75 Å². The third kappa shape index (κ3) is 4.53. The van der Waals surface area contributed by atoms with Crippen LogP contribution in [0.3, 0.4) is 0 Å². The Morgan fingerprint density at radius 3 is 2.71 bits per heavy atom. The molecule has 8 nitrogen and oxygen atoms in total. The fourth-order valence-corrected chi connectivity index (χ4v) is 5.33. The van der Waals surface area contributed by atoms with E-state index in [4.69, 9.17) is 16.3 Å². The molecule has 0 saturated carbocycles. The van der Waals surface area contributed by atoms with E-state index in [2.05, 4.69) is 10.6 Å². The molecule has 1 saturated heterocycles. The highest BCUT2D eigenvalue weighted by Gasteiger charge is 2.34. The third-order valence-electron chi connectivity index (χ3n) is 5.39. The van der Waals surface area contributed by atoms with Crippen molar-refractivity contribution in [2.24, 2.45) is 5.92 Å². The van der Waals surface area contributed by atoms with Crippen molar-refractivity contribution in [2.45, 2.75) is 30.8 Å². The largest absolute Gasteiger partial charge is 0.479 e. The van der Waals surface area contributed by atoms with Crippen molar-refractivity contribution in [3.8, 4) is 5.75 Å². The minimum atomic E-state index is -3.84. The van der Waals surface area contributed by atoms with Gasteiger partial charge in [-0.25, -0.2) is 8.42 Å². The van der Waals surface area contributed by atoms with E-state index in [9.17, 15) is 18.0 Å². The van der Waals surface area contributed by atoms with Crippen LogP contribution in [-0.4, -0.2) is 43.7 Å². The molecule has 0 unspecified atom stereocenters. The summed E-state index contributed by atoms with van der Waals surface area (Å²) in [5.41, 5.74) is 0.923. The maximum absolute atomic E-state index is 13.2. The number of amides is 2. The van der Waals surface area contributed by atoms with Crippen LogP contribution in [0.2, 0.25) is 5.02 Å². The van der Waals surface area contributed by atoms with E-state index in [-0.39, 0.29) is 23.3 Å². The molecule has 2 atom stereocenters. The van der Waals surface area contributed by atoms with Crippen LogP contribution in [0.25, 0.3) is 0 Å². The molecule has 2 aliphatic rings. The summed E-state index contributed by atoms with van der Waals surface area (Å²) in [5.74, 6) is -0.619. The van der Waals surface area contributed by atoms with Crippen molar-refractivity contribution in [3.05, 3.63) is 47.5 Å². The number of ether oxygens (including phenoxy) is 1. The predicted octanol–water partition coefficient (Wildman–Crippen LogP) is 3.10. The molecule has 2 aromatic carbocycles. The minimum Gasteiger partial charge on any atom is -0.479 e.